The van der Waals surface area contributed by atoms with Crippen LogP contribution < -0.4 is 10.2 Å². The Morgan fingerprint density at radius 3 is 2.62 bits per heavy atom. The van der Waals surface area contributed by atoms with Crippen LogP contribution in [0.1, 0.15) is 23.6 Å². The van der Waals surface area contributed by atoms with Gasteiger partial charge in [0.1, 0.15) is 0 Å². The maximum atomic E-state index is 11.6. The highest BCUT2D eigenvalue weighted by atomic mass is 16.2. The lowest BCUT2D eigenvalue weighted by atomic mass is 10.0. The average molecular weight is 218 g/mol. The molecule has 0 bridgehead atoms. The smallest absolute Gasteiger partial charge is 0.223 e. The van der Waals surface area contributed by atoms with Crippen molar-refractivity contribution in [3.63, 3.8) is 0 Å². The largest absolute Gasteiger partial charge is 0.386 e. The first-order chi connectivity index (χ1) is 7.56. The number of carbonyl (C=O) groups is 1. The summed E-state index contributed by atoms with van der Waals surface area (Å²) in [4.78, 5) is 13.5. The van der Waals surface area contributed by atoms with Gasteiger partial charge in [-0.15, -0.1) is 0 Å². The maximum Gasteiger partial charge on any atom is 0.223 e. The second kappa shape index (κ2) is 3.81. The number of hydrogen-bond acceptors (Lipinski definition) is 2. The van der Waals surface area contributed by atoms with Crippen molar-refractivity contribution in [1.82, 2.24) is 0 Å². The van der Waals surface area contributed by atoms with Crippen molar-refractivity contribution >= 4 is 17.3 Å². The molecule has 86 valence electrons. The Morgan fingerprint density at radius 2 is 2.06 bits per heavy atom. The maximum absolute atomic E-state index is 11.6. The molecule has 0 atom stereocenters. The Morgan fingerprint density at radius 1 is 1.38 bits per heavy atom. The summed E-state index contributed by atoms with van der Waals surface area (Å²) < 4.78 is 0. The van der Waals surface area contributed by atoms with Crippen molar-refractivity contribution in [2.75, 3.05) is 23.8 Å². The van der Waals surface area contributed by atoms with Crippen LogP contribution in [-0.2, 0) is 11.2 Å². The van der Waals surface area contributed by atoms with Crippen LogP contribution in [0.4, 0.5) is 11.4 Å². The average Bonchev–Trinajstić information content (AvgIpc) is 2.63. The Balaban J connectivity index is 2.66. The number of nitrogens with zero attached hydrogens (tertiary/aromatic N) is 1. The van der Waals surface area contributed by atoms with Gasteiger partial charge in [-0.05, 0) is 37.0 Å². The Labute approximate surface area is 96.5 Å². The number of nitrogens with one attached hydrogen (secondary N) is 1. The number of carbonyl (C=O) groups excluding carboxylic acids is 1. The Kier molecular flexibility index (Phi) is 2.62. The summed E-state index contributed by atoms with van der Waals surface area (Å²) in [5, 5.41) is 3.21. The molecule has 1 aromatic rings. The van der Waals surface area contributed by atoms with Crippen molar-refractivity contribution in [2.24, 2.45) is 0 Å². The van der Waals surface area contributed by atoms with Gasteiger partial charge in [0.25, 0.3) is 0 Å². The summed E-state index contributed by atoms with van der Waals surface area (Å²) in [5.74, 6) is 0.125. The highest BCUT2D eigenvalue weighted by Gasteiger charge is 2.27. The molecule has 0 aliphatic carbocycles. The van der Waals surface area contributed by atoms with E-state index in [4.69, 9.17) is 0 Å². The zero-order valence-electron chi connectivity index (χ0n) is 10.3. The van der Waals surface area contributed by atoms with E-state index in [0.29, 0.717) is 0 Å². The van der Waals surface area contributed by atoms with Crippen LogP contribution in [0, 0.1) is 13.8 Å². The van der Waals surface area contributed by atoms with Crippen LogP contribution in [0.25, 0.3) is 0 Å². The van der Waals surface area contributed by atoms with Gasteiger partial charge in [0, 0.05) is 20.5 Å². The fourth-order valence-corrected chi connectivity index (χ4v) is 2.59. The number of anilines is 2. The third-order valence-electron chi connectivity index (χ3n) is 3.31. The summed E-state index contributed by atoms with van der Waals surface area (Å²) >= 11 is 0. The lowest BCUT2D eigenvalue weighted by molar-refractivity contribution is -0.116. The summed E-state index contributed by atoms with van der Waals surface area (Å²) in [6, 6.07) is 2.19. The third-order valence-corrected chi connectivity index (χ3v) is 3.31. The second-order valence-electron chi connectivity index (χ2n) is 4.38. The quantitative estimate of drug-likeness (QED) is 0.784. The number of amides is 1. The second-order valence-corrected chi connectivity index (χ2v) is 4.38. The zero-order valence-corrected chi connectivity index (χ0v) is 10.3. The molecular weight excluding hydrogens is 200 g/mol. The molecule has 1 aromatic carbocycles. The minimum atomic E-state index is 0.125. The van der Waals surface area contributed by atoms with Gasteiger partial charge in [0.15, 0.2) is 0 Å². The van der Waals surface area contributed by atoms with E-state index in [9.17, 15) is 4.79 Å². The monoisotopic (exact) mass is 218 g/mol. The molecule has 1 amide bonds. The normalized spacial score (nSPS) is 13.9. The van der Waals surface area contributed by atoms with Crippen LogP contribution in [0.3, 0.4) is 0 Å². The molecule has 1 aliphatic rings. The molecule has 1 aliphatic heterocycles. The molecule has 2 rings (SSSR count). The van der Waals surface area contributed by atoms with Crippen molar-refractivity contribution in [2.45, 2.75) is 27.2 Å². The lowest BCUT2D eigenvalue weighted by Gasteiger charge is -2.21. The van der Waals surface area contributed by atoms with Gasteiger partial charge < -0.3 is 10.2 Å². The predicted molar refractivity (Wildman–Crippen MR) is 67.2 cm³/mol. The summed E-state index contributed by atoms with van der Waals surface area (Å²) in [5.41, 5.74) is 5.98. The molecule has 0 radical (unpaired) electrons. The first-order valence-corrected chi connectivity index (χ1v) is 5.65. The molecular formula is C13H18N2O. The number of aryl methyl sites for hydroxylation is 2. The van der Waals surface area contributed by atoms with Crippen LogP contribution >= 0.6 is 0 Å². The number of benzene rings is 1. The van der Waals surface area contributed by atoms with Gasteiger partial charge in [-0.25, -0.2) is 0 Å². The van der Waals surface area contributed by atoms with E-state index in [1.807, 2.05) is 11.9 Å². The molecule has 0 fully saturated rings. The van der Waals surface area contributed by atoms with Crippen molar-refractivity contribution in [1.29, 1.82) is 0 Å². The first-order valence-electron chi connectivity index (χ1n) is 5.65. The van der Waals surface area contributed by atoms with Gasteiger partial charge in [-0.1, -0.05) is 6.07 Å². The molecule has 0 aromatic heterocycles. The van der Waals surface area contributed by atoms with Crippen LogP contribution in [0.5, 0.6) is 0 Å². The molecule has 16 heavy (non-hydrogen) atoms. The van der Waals surface area contributed by atoms with E-state index in [0.717, 1.165) is 24.3 Å². The van der Waals surface area contributed by atoms with Crippen LogP contribution in [0.2, 0.25) is 0 Å². The molecule has 1 heterocycles. The number of fused-ring (bicyclic) bond motifs is 1. The first kappa shape index (κ1) is 11.0. The van der Waals surface area contributed by atoms with E-state index in [1.54, 1.807) is 6.92 Å². The molecule has 3 heteroatoms. The van der Waals surface area contributed by atoms with Crippen LogP contribution in [0.15, 0.2) is 6.07 Å². The molecule has 0 saturated heterocycles. The van der Waals surface area contributed by atoms with Gasteiger partial charge in [-0.3, -0.25) is 4.79 Å². The van der Waals surface area contributed by atoms with E-state index in [2.05, 4.69) is 25.2 Å². The summed E-state index contributed by atoms with van der Waals surface area (Å²) in [6.45, 7) is 6.64. The van der Waals surface area contributed by atoms with E-state index in [-0.39, 0.29) is 5.91 Å². The van der Waals surface area contributed by atoms with Crippen molar-refractivity contribution < 1.29 is 4.79 Å². The SMILES string of the molecule is CNc1c(C)cc(C)c2c1N(C(C)=O)CC2. The molecule has 3 nitrogen and oxygen atoms in total. The fraction of sp³-hybridized carbons (Fsp3) is 0.462. The fourth-order valence-electron chi connectivity index (χ4n) is 2.59. The predicted octanol–water partition coefficient (Wildman–Crippen LogP) is 2.25. The third kappa shape index (κ3) is 1.47. The lowest BCUT2D eigenvalue weighted by Crippen LogP contribution is -2.26. The Bertz CT molecular complexity index is 452. The van der Waals surface area contributed by atoms with Crippen molar-refractivity contribution in [3.05, 3.63) is 22.8 Å². The number of hydrogen-bond donors (Lipinski definition) is 1. The van der Waals surface area contributed by atoms with Gasteiger partial charge >= 0.3 is 0 Å². The Hall–Kier alpha value is -1.51. The van der Waals surface area contributed by atoms with Crippen molar-refractivity contribution in [3.8, 4) is 0 Å². The summed E-state index contributed by atoms with van der Waals surface area (Å²) in [6.07, 6.45) is 0.968. The highest BCUT2D eigenvalue weighted by molar-refractivity contribution is 5.99. The topological polar surface area (TPSA) is 32.3 Å². The zero-order chi connectivity index (χ0) is 11.9. The van der Waals surface area contributed by atoms with E-state index < -0.39 is 0 Å². The highest BCUT2D eigenvalue weighted by Crippen LogP contribution is 2.39. The minimum Gasteiger partial charge on any atom is -0.386 e. The molecule has 1 N–H and O–H groups in total. The van der Waals surface area contributed by atoms with E-state index in [1.165, 1.54) is 16.7 Å². The van der Waals surface area contributed by atoms with Gasteiger partial charge in [-0.2, -0.15) is 0 Å². The number of rotatable bonds is 1. The molecule has 0 spiro atoms. The standard InChI is InChI=1S/C13H18N2O/c1-8-7-9(2)12(14-4)13-11(8)5-6-15(13)10(3)16/h7,14H,5-6H2,1-4H3. The minimum absolute atomic E-state index is 0.125. The van der Waals surface area contributed by atoms with Gasteiger partial charge in [0.05, 0.1) is 11.4 Å². The van der Waals surface area contributed by atoms with Crippen LogP contribution in [-0.4, -0.2) is 19.5 Å². The molecule has 0 saturated carbocycles. The molecule has 0 unspecified atom stereocenters. The van der Waals surface area contributed by atoms with Gasteiger partial charge in [0.2, 0.25) is 5.91 Å². The van der Waals surface area contributed by atoms with E-state index >= 15 is 0 Å². The summed E-state index contributed by atoms with van der Waals surface area (Å²) in [7, 11) is 1.91.